The molecular formula is C23H42ClP. The van der Waals surface area contributed by atoms with E-state index in [1.165, 1.54) is 75.2 Å². The van der Waals surface area contributed by atoms with Gasteiger partial charge in [0, 0.05) is 7.26 Å². The maximum absolute atomic E-state index is 2.44. The summed E-state index contributed by atoms with van der Waals surface area (Å²) in [6.07, 6.45) is 15.6. The van der Waals surface area contributed by atoms with Crippen LogP contribution in [-0.2, 0) is 6.16 Å². The standard InChI is InChI=1S/C23H42P.ClH/c1-6-10-17-24(18-11-7-2,19-12-8-3)20-22-13-15-23(16-14-22)21(5)9-4;/h13-16,21H,6-12,17-20H2,1-5H3;1H/q+1;/p-1. The fraction of sp³-hybridized carbons (Fsp3) is 0.739. The lowest BCUT2D eigenvalue weighted by Crippen LogP contribution is -3.00. The Hall–Kier alpha value is -0.0600. The number of unbranched alkanes of at least 4 members (excludes halogenated alkanes) is 3. The van der Waals surface area contributed by atoms with Crippen LogP contribution in [0, 0.1) is 0 Å². The molecule has 0 bridgehead atoms. The molecule has 0 saturated heterocycles. The zero-order valence-electron chi connectivity index (χ0n) is 17.5. The molecule has 0 nitrogen and oxygen atoms in total. The molecule has 0 radical (unpaired) electrons. The van der Waals surface area contributed by atoms with Gasteiger partial charge in [0.05, 0.1) is 24.6 Å². The third kappa shape index (κ3) is 8.92. The second kappa shape index (κ2) is 14.1. The summed E-state index contributed by atoms with van der Waals surface area (Å²) in [5.41, 5.74) is 3.12. The molecule has 0 aliphatic carbocycles. The van der Waals surface area contributed by atoms with Crippen LogP contribution in [0.3, 0.4) is 0 Å². The normalized spacial score (nSPS) is 12.7. The maximum atomic E-state index is 2.44. The molecule has 1 unspecified atom stereocenters. The van der Waals surface area contributed by atoms with Crippen LogP contribution in [0.2, 0.25) is 0 Å². The van der Waals surface area contributed by atoms with E-state index in [4.69, 9.17) is 0 Å². The third-order valence-electron chi connectivity index (χ3n) is 5.64. The van der Waals surface area contributed by atoms with Crippen LogP contribution in [0.1, 0.15) is 96.6 Å². The highest BCUT2D eigenvalue weighted by Gasteiger charge is 2.35. The van der Waals surface area contributed by atoms with E-state index in [0.717, 1.165) is 0 Å². The van der Waals surface area contributed by atoms with Crippen molar-refractivity contribution in [1.82, 2.24) is 0 Å². The number of hydrogen-bond acceptors (Lipinski definition) is 0. The highest BCUT2D eigenvalue weighted by molar-refractivity contribution is 7.75. The SMILES string of the molecule is CCCC[P+](CCCC)(CCCC)Cc1ccc(C(C)CC)cc1.[Cl-]. The maximum Gasteiger partial charge on any atom is 0.0842 e. The van der Waals surface area contributed by atoms with Crippen molar-refractivity contribution in [1.29, 1.82) is 0 Å². The minimum absolute atomic E-state index is 0. The van der Waals surface area contributed by atoms with Crippen molar-refractivity contribution in [2.45, 2.75) is 91.6 Å². The first kappa shape index (κ1) is 24.9. The minimum atomic E-state index is -0.813. The Kier molecular flexibility index (Phi) is 14.0. The molecule has 25 heavy (non-hydrogen) atoms. The topological polar surface area (TPSA) is 0 Å². The van der Waals surface area contributed by atoms with Gasteiger partial charge in [-0.15, -0.1) is 0 Å². The second-order valence-corrected chi connectivity index (χ2v) is 12.1. The Morgan fingerprint density at radius 1 is 0.760 bits per heavy atom. The van der Waals surface area contributed by atoms with Crippen molar-refractivity contribution in [3.63, 3.8) is 0 Å². The van der Waals surface area contributed by atoms with Crippen LogP contribution in [-0.4, -0.2) is 18.5 Å². The zero-order chi connectivity index (χ0) is 17.8. The lowest BCUT2D eigenvalue weighted by molar-refractivity contribution is -0.00000548. The summed E-state index contributed by atoms with van der Waals surface area (Å²) < 4.78 is 0. The Bertz CT molecular complexity index is 404. The van der Waals surface area contributed by atoms with Crippen molar-refractivity contribution in [2.75, 3.05) is 18.5 Å². The lowest BCUT2D eigenvalue weighted by atomic mass is 9.98. The van der Waals surface area contributed by atoms with E-state index in [1.807, 2.05) is 0 Å². The molecule has 0 fully saturated rings. The first-order valence-electron chi connectivity index (χ1n) is 10.5. The van der Waals surface area contributed by atoms with E-state index >= 15 is 0 Å². The van der Waals surface area contributed by atoms with Gasteiger partial charge in [-0.2, -0.15) is 0 Å². The van der Waals surface area contributed by atoms with Gasteiger partial charge >= 0.3 is 0 Å². The lowest BCUT2D eigenvalue weighted by Gasteiger charge is -2.28. The van der Waals surface area contributed by atoms with Crippen LogP contribution in [0.15, 0.2) is 24.3 Å². The summed E-state index contributed by atoms with van der Waals surface area (Å²) in [5.74, 6) is 0.693. The van der Waals surface area contributed by atoms with Gasteiger partial charge in [0.2, 0.25) is 0 Å². The number of halogens is 1. The van der Waals surface area contributed by atoms with Crippen LogP contribution in [0.25, 0.3) is 0 Å². The predicted molar refractivity (Wildman–Crippen MR) is 115 cm³/mol. The fourth-order valence-corrected chi connectivity index (χ4v) is 8.72. The fourth-order valence-electron chi connectivity index (χ4n) is 3.63. The quantitative estimate of drug-likeness (QED) is 0.414. The molecule has 1 atom stereocenters. The summed E-state index contributed by atoms with van der Waals surface area (Å²) in [4.78, 5) is 0. The Balaban J connectivity index is 0.00000576. The average Bonchev–Trinajstić information content (AvgIpc) is 2.62. The van der Waals surface area contributed by atoms with E-state index in [0.29, 0.717) is 5.92 Å². The summed E-state index contributed by atoms with van der Waals surface area (Å²) in [7, 11) is -0.813. The molecule has 0 spiro atoms. The summed E-state index contributed by atoms with van der Waals surface area (Å²) in [5, 5.41) is 0. The zero-order valence-corrected chi connectivity index (χ0v) is 19.1. The van der Waals surface area contributed by atoms with Gasteiger partial charge in [-0.05, 0) is 42.7 Å². The number of hydrogen-bond donors (Lipinski definition) is 0. The molecule has 0 aromatic heterocycles. The van der Waals surface area contributed by atoms with Gasteiger partial charge in [0.1, 0.15) is 0 Å². The van der Waals surface area contributed by atoms with Gasteiger partial charge in [-0.3, -0.25) is 0 Å². The van der Waals surface area contributed by atoms with Crippen molar-refractivity contribution < 1.29 is 12.4 Å². The molecule has 1 aromatic rings. The van der Waals surface area contributed by atoms with Crippen molar-refractivity contribution in [3.05, 3.63) is 35.4 Å². The van der Waals surface area contributed by atoms with E-state index in [9.17, 15) is 0 Å². The van der Waals surface area contributed by atoms with E-state index in [-0.39, 0.29) is 12.4 Å². The third-order valence-corrected chi connectivity index (χ3v) is 10.5. The summed E-state index contributed by atoms with van der Waals surface area (Å²) in [6.45, 7) is 11.7. The Labute approximate surface area is 165 Å². The largest absolute Gasteiger partial charge is 1.00 e. The molecule has 0 saturated carbocycles. The number of rotatable bonds is 13. The highest BCUT2D eigenvalue weighted by Crippen LogP contribution is 2.63. The van der Waals surface area contributed by atoms with E-state index in [1.54, 1.807) is 5.56 Å². The number of benzene rings is 1. The highest BCUT2D eigenvalue weighted by atomic mass is 35.5. The summed E-state index contributed by atoms with van der Waals surface area (Å²) in [6, 6.07) is 9.69. The van der Waals surface area contributed by atoms with Crippen LogP contribution in [0.5, 0.6) is 0 Å². The average molecular weight is 385 g/mol. The van der Waals surface area contributed by atoms with Gasteiger partial charge in [0.25, 0.3) is 0 Å². The first-order chi connectivity index (χ1) is 11.6. The van der Waals surface area contributed by atoms with Crippen molar-refractivity contribution in [3.8, 4) is 0 Å². The van der Waals surface area contributed by atoms with E-state index < -0.39 is 7.26 Å². The van der Waals surface area contributed by atoms with Gasteiger partial charge in [-0.25, -0.2) is 0 Å². The van der Waals surface area contributed by atoms with Crippen molar-refractivity contribution >= 4 is 7.26 Å². The Morgan fingerprint density at radius 2 is 1.20 bits per heavy atom. The van der Waals surface area contributed by atoms with Gasteiger partial charge in [0.15, 0.2) is 0 Å². The molecular weight excluding hydrogens is 343 g/mol. The van der Waals surface area contributed by atoms with Crippen LogP contribution in [0.4, 0.5) is 0 Å². The molecule has 0 amide bonds. The molecule has 1 rings (SSSR count). The molecule has 1 aromatic carbocycles. The van der Waals surface area contributed by atoms with Gasteiger partial charge < -0.3 is 12.4 Å². The minimum Gasteiger partial charge on any atom is -1.00 e. The van der Waals surface area contributed by atoms with Gasteiger partial charge in [-0.1, -0.05) is 78.1 Å². The monoisotopic (exact) mass is 384 g/mol. The molecule has 2 heteroatoms. The van der Waals surface area contributed by atoms with Crippen LogP contribution < -0.4 is 12.4 Å². The van der Waals surface area contributed by atoms with E-state index in [2.05, 4.69) is 58.9 Å². The molecule has 0 aliphatic rings. The molecule has 0 N–H and O–H groups in total. The Morgan fingerprint density at radius 3 is 1.56 bits per heavy atom. The predicted octanol–water partition coefficient (Wildman–Crippen LogP) is 5.12. The molecule has 0 aliphatic heterocycles. The molecule has 0 heterocycles. The van der Waals surface area contributed by atoms with Crippen molar-refractivity contribution in [2.24, 2.45) is 0 Å². The second-order valence-electron chi connectivity index (χ2n) is 7.78. The smallest absolute Gasteiger partial charge is 0.0842 e. The summed E-state index contributed by atoms with van der Waals surface area (Å²) >= 11 is 0. The molecule has 146 valence electrons. The van der Waals surface area contributed by atoms with Crippen LogP contribution >= 0.6 is 7.26 Å². The first-order valence-corrected chi connectivity index (χ1v) is 13.1.